The third-order valence-electron chi connectivity index (χ3n) is 5.11. The minimum atomic E-state index is -0.0707. The lowest BCUT2D eigenvalue weighted by molar-refractivity contribution is 0.186. The van der Waals surface area contributed by atoms with E-state index in [1.54, 1.807) is 7.11 Å². The van der Waals surface area contributed by atoms with Crippen LogP contribution in [0.2, 0.25) is 0 Å². The van der Waals surface area contributed by atoms with Gasteiger partial charge in [-0.15, -0.1) is 5.10 Å². The van der Waals surface area contributed by atoms with Gasteiger partial charge in [-0.05, 0) is 57.5 Å². The lowest BCUT2D eigenvalue weighted by Crippen LogP contribution is -2.34. The molecule has 1 aromatic carbocycles. The topological polar surface area (TPSA) is 72.1 Å². The number of rotatable bonds is 6. The van der Waals surface area contributed by atoms with Crippen molar-refractivity contribution in [1.82, 2.24) is 19.5 Å². The highest BCUT2D eigenvalue weighted by Crippen LogP contribution is 2.42. The molecule has 4 rings (SSSR count). The molecular weight excluding hydrogens is 376 g/mol. The number of hydrogen-bond donors (Lipinski definition) is 1. The fourth-order valence-corrected chi connectivity index (χ4v) is 5.02. The molecule has 8 heteroatoms. The quantitative estimate of drug-likeness (QED) is 0.676. The maximum absolute atomic E-state index is 10.9. The number of fused-ring (bicyclic) bond motifs is 1. The molecule has 1 aliphatic rings. The Labute approximate surface area is 168 Å². The van der Waals surface area contributed by atoms with Gasteiger partial charge >= 0.3 is 0 Å². The Hall–Kier alpha value is -2.32. The molecule has 7 nitrogen and oxygen atoms in total. The van der Waals surface area contributed by atoms with Crippen LogP contribution in [0.15, 0.2) is 18.2 Å². The summed E-state index contributed by atoms with van der Waals surface area (Å²) in [5, 5.41) is 15.2. The summed E-state index contributed by atoms with van der Waals surface area (Å²) in [6.07, 6.45) is 3.56. The van der Waals surface area contributed by atoms with Crippen molar-refractivity contribution in [3.8, 4) is 17.4 Å². The van der Waals surface area contributed by atoms with E-state index in [9.17, 15) is 5.11 Å². The molecule has 1 saturated heterocycles. The van der Waals surface area contributed by atoms with E-state index >= 15 is 0 Å². The van der Waals surface area contributed by atoms with Gasteiger partial charge in [0.1, 0.15) is 5.82 Å². The van der Waals surface area contributed by atoms with E-state index in [0.717, 1.165) is 42.1 Å². The minimum Gasteiger partial charge on any atom is -0.493 e. The molecule has 1 fully saturated rings. The lowest BCUT2D eigenvalue weighted by atomic mass is 10.00. The van der Waals surface area contributed by atoms with Crippen LogP contribution in [0.1, 0.15) is 48.5 Å². The molecule has 0 radical (unpaired) electrons. The van der Waals surface area contributed by atoms with Crippen LogP contribution in [0.3, 0.4) is 0 Å². The molecule has 1 N–H and O–H groups in total. The van der Waals surface area contributed by atoms with Gasteiger partial charge in [0.15, 0.2) is 11.5 Å². The van der Waals surface area contributed by atoms with Gasteiger partial charge in [-0.25, -0.2) is 4.98 Å². The van der Waals surface area contributed by atoms with Crippen molar-refractivity contribution in [2.75, 3.05) is 26.8 Å². The van der Waals surface area contributed by atoms with Crippen molar-refractivity contribution in [3.05, 3.63) is 34.5 Å². The first-order chi connectivity index (χ1) is 13.6. The minimum absolute atomic E-state index is 0.0707. The molecule has 2 aromatic heterocycles. The molecule has 3 heterocycles. The van der Waals surface area contributed by atoms with Gasteiger partial charge in [-0.2, -0.15) is 4.52 Å². The zero-order chi connectivity index (χ0) is 19.7. The van der Waals surface area contributed by atoms with Crippen LogP contribution in [-0.2, 0) is 0 Å². The Balaban J connectivity index is 1.81. The second-order valence-corrected chi connectivity index (χ2v) is 7.99. The average Bonchev–Trinajstić information content (AvgIpc) is 3.21. The molecular formula is C20H26N4O3S. The maximum Gasteiger partial charge on any atom is 0.230 e. The normalized spacial score (nSPS) is 16.4. The molecule has 1 atom stereocenters. The summed E-state index contributed by atoms with van der Waals surface area (Å²) in [6.45, 7) is 6.36. The number of methoxy groups -OCH3 is 1. The van der Waals surface area contributed by atoms with Crippen molar-refractivity contribution < 1.29 is 14.6 Å². The number of ether oxygens (including phenoxy) is 2. The highest BCUT2D eigenvalue weighted by molar-refractivity contribution is 7.17. The fraction of sp³-hybridized carbons (Fsp3) is 0.500. The van der Waals surface area contributed by atoms with Gasteiger partial charge in [0.25, 0.3) is 0 Å². The van der Waals surface area contributed by atoms with Crippen molar-refractivity contribution in [3.63, 3.8) is 0 Å². The molecule has 0 bridgehead atoms. The Morgan fingerprint density at radius 1 is 1.21 bits per heavy atom. The number of aryl methyl sites for hydroxylation is 1. The predicted octanol–water partition coefficient (Wildman–Crippen LogP) is 3.79. The van der Waals surface area contributed by atoms with E-state index in [1.807, 2.05) is 26.0 Å². The fourth-order valence-electron chi connectivity index (χ4n) is 3.86. The Morgan fingerprint density at radius 2 is 2.00 bits per heavy atom. The maximum atomic E-state index is 10.9. The summed E-state index contributed by atoms with van der Waals surface area (Å²) >= 11 is 1.49. The number of aromatic hydroxyl groups is 1. The summed E-state index contributed by atoms with van der Waals surface area (Å²) in [5.41, 5.74) is 1.07. The third kappa shape index (κ3) is 3.42. The van der Waals surface area contributed by atoms with E-state index < -0.39 is 0 Å². The van der Waals surface area contributed by atoms with Gasteiger partial charge in [0.2, 0.25) is 10.8 Å². The average molecular weight is 403 g/mol. The number of aromatic nitrogens is 3. The predicted molar refractivity (Wildman–Crippen MR) is 109 cm³/mol. The van der Waals surface area contributed by atoms with E-state index in [0.29, 0.717) is 23.1 Å². The number of thiazole rings is 1. The lowest BCUT2D eigenvalue weighted by Gasteiger charge is -2.34. The summed E-state index contributed by atoms with van der Waals surface area (Å²) in [5.74, 6) is 2.26. The van der Waals surface area contributed by atoms with Crippen molar-refractivity contribution in [1.29, 1.82) is 0 Å². The summed E-state index contributed by atoms with van der Waals surface area (Å²) < 4.78 is 12.8. The summed E-state index contributed by atoms with van der Waals surface area (Å²) in [6, 6.07) is 5.96. The van der Waals surface area contributed by atoms with E-state index in [4.69, 9.17) is 9.47 Å². The molecule has 0 unspecified atom stereocenters. The Morgan fingerprint density at radius 3 is 2.68 bits per heavy atom. The number of nitrogens with zero attached hydrogens (tertiary/aromatic N) is 4. The molecule has 0 aliphatic carbocycles. The van der Waals surface area contributed by atoms with Crippen LogP contribution in [0, 0.1) is 6.92 Å². The van der Waals surface area contributed by atoms with Gasteiger partial charge in [0.05, 0.1) is 24.6 Å². The molecule has 3 aromatic rings. The highest BCUT2D eigenvalue weighted by atomic mass is 32.1. The van der Waals surface area contributed by atoms with Crippen LogP contribution < -0.4 is 9.47 Å². The van der Waals surface area contributed by atoms with Crippen LogP contribution in [-0.4, -0.2) is 51.4 Å². The van der Waals surface area contributed by atoms with E-state index in [-0.39, 0.29) is 11.9 Å². The smallest absolute Gasteiger partial charge is 0.230 e. The molecule has 1 aliphatic heterocycles. The number of hydrogen-bond acceptors (Lipinski definition) is 7. The first-order valence-corrected chi connectivity index (χ1v) is 10.5. The first kappa shape index (κ1) is 19.0. The summed E-state index contributed by atoms with van der Waals surface area (Å²) in [7, 11) is 1.65. The monoisotopic (exact) mass is 402 g/mol. The van der Waals surface area contributed by atoms with Gasteiger partial charge in [-0.1, -0.05) is 23.8 Å². The largest absolute Gasteiger partial charge is 0.493 e. The summed E-state index contributed by atoms with van der Waals surface area (Å²) in [4.78, 5) is 8.44. The Bertz CT molecular complexity index is 962. The number of benzene rings is 1. The molecule has 150 valence electrons. The zero-order valence-electron chi connectivity index (χ0n) is 16.5. The van der Waals surface area contributed by atoms with Crippen molar-refractivity contribution in [2.45, 2.75) is 39.2 Å². The second-order valence-electron chi connectivity index (χ2n) is 6.99. The van der Waals surface area contributed by atoms with Crippen LogP contribution >= 0.6 is 11.3 Å². The molecule has 28 heavy (non-hydrogen) atoms. The third-order valence-corrected chi connectivity index (χ3v) is 6.19. The molecule has 0 spiro atoms. The van der Waals surface area contributed by atoms with Gasteiger partial charge in [-0.3, -0.25) is 4.90 Å². The van der Waals surface area contributed by atoms with E-state index in [2.05, 4.69) is 21.0 Å². The van der Waals surface area contributed by atoms with E-state index in [1.165, 1.54) is 22.3 Å². The Kier molecular flexibility index (Phi) is 5.41. The van der Waals surface area contributed by atoms with Crippen LogP contribution in [0.5, 0.6) is 17.4 Å². The molecule has 0 amide bonds. The molecule has 0 saturated carbocycles. The van der Waals surface area contributed by atoms with Crippen LogP contribution in [0.25, 0.3) is 4.96 Å². The van der Waals surface area contributed by atoms with Gasteiger partial charge in [0, 0.05) is 0 Å². The first-order valence-electron chi connectivity index (χ1n) is 9.72. The van der Waals surface area contributed by atoms with Crippen molar-refractivity contribution in [2.24, 2.45) is 0 Å². The van der Waals surface area contributed by atoms with Gasteiger partial charge < -0.3 is 14.6 Å². The second kappa shape index (κ2) is 7.97. The SMILES string of the molecule is CCOc1ccc([C@@H](c2sc3nc(C)nn3c2O)N2CCCCC2)cc1OC. The van der Waals surface area contributed by atoms with Crippen LogP contribution in [0.4, 0.5) is 0 Å². The zero-order valence-corrected chi connectivity index (χ0v) is 17.3. The standard InChI is InChI=1S/C20H26N4O3S/c1-4-27-15-9-8-14(12-16(15)26-3)17(23-10-6-5-7-11-23)18-19(25)24-20(28-18)21-13(2)22-24/h8-9,12,17,25H,4-7,10-11H2,1-3H3/t17-/m0/s1. The number of piperidine rings is 1. The highest BCUT2D eigenvalue weighted by Gasteiger charge is 2.31. The number of likely N-dealkylation sites (tertiary alicyclic amines) is 1. The van der Waals surface area contributed by atoms with Crippen molar-refractivity contribution >= 4 is 16.3 Å².